The topological polar surface area (TPSA) is 40.6 Å². The Hall–Kier alpha value is -1.32. The number of piperidine rings is 1. The van der Waals surface area contributed by atoms with Crippen LogP contribution in [-0.2, 0) is 9.59 Å². The van der Waals surface area contributed by atoms with E-state index in [2.05, 4.69) is 152 Å². The summed E-state index contributed by atoms with van der Waals surface area (Å²) in [5.74, 6) is 0.465. The zero-order valence-electron chi connectivity index (χ0n) is 33.1. The van der Waals surface area contributed by atoms with Crippen LogP contribution in [0.5, 0.6) is 0 Å². The van der Waals surface area contributed by atoms with Crippen LogP contribution in [0.15, 0.2) is 12.2 Å². The monoisotopic (exact) mass is 597 g/mol. The number of nitrogens with zero attached hydrogens (tertiary/aromatic N) is 2. The lowest BCUT2D eigenvalue weighted by Gasteiger charge is -2.38. The van der Waals surface area contributed by atoms with E-state index in [0.717, 1.165) is 32.4 Å². The van der Waals surface area contributed by atoms with Crippen LogP contribution in [0, 0.1) is 21.7 Å². The molecule has 1 fully saturated rings. The lowest BCUT2D eigenvalue weighted by Crippen LogP contribution is -2.47. The van der Waals surface area contributed by atoms with Crippen molar-refractivity contribution in [3.05, 3.63) is 12.2 Å². The second-order valence-electron chi connectivity index (χ2n) is 20.0. The number of hydrogen-bond donors (Lipinski definition) is 0. The number of carbonyl (C=O) groups is 2. The van der Waals surface area contributed by atoms with Crippen molar-refractivity contribution in [1.82, 2.24) is 9.80 Å². The van der Waals surface area contributed by atoms with E-state index in [4.69, 9.17) is 0 Å². The predicted molar refractivity (Wildman–Crippen MR) is 191 cm³/mol. The molecule has 0 unspecified atom stereocenters. The molecule has 2 rings (SSSR count). The first-order chi connectivity index (χ1) is 18.0. The van der Waals surface area contributed by atoms with E-state index in [-0.39, 0.29) is 17.0 Å². The van der Waals surface area contributed by atoms with Crippen LogP contribution < -0.4 is 0 Å². The molecule has 2 heterocycles. The van der Waals surface area contributed by atoms with Crippen molar-refractivity contribution in [2.45, 2.75) is 189 Å². The number of rotatable bonds is 0. The Balaban J connectivity index is -0.000000217. The van der Waals surface area contributed by atoms with Crippen LogP contribution in [0.4, 0.5) is 0 Å². The van der Waals surface area contributed by atoms with Crippen molar-refractivity contribution >= 4 is 11.8 Å². The van der Waals surface area contributed by atoms with E-state index in [0.29, 0.717) is 27.6 Å². The molecule has 0 atom stereocenters. The van der Waals surface area contributed by atoms with Gasteiger partial charge in [0, 0.05) is 30.6 Å². The van der Waals surface area contributed by atoms with Gasteiger partial charge in [0.1, 0.15) is 0 Å². The second kappa shape index (κ2) is 19.9. The molecular formula is C38H80N2O2. The van der Waals surface area contributed by atoms with Crippen molar-refractivity contribution in [2.75, 3.05) is 13.1 Å². The summed E-state index contributed by atoms with van der Waals surface area (Å²) in [6.07, 6.45) is 7.58. The summed E-state index contributed by atoms with van der Waals surface area (Å²) in [6, 6.07) is 0. The van der Waals surface area contributed by atoms with Gasteiger partial charge in [0.05, 0.1) is 0 Å². The van der Waals surface area contributed by atoms with Crippen LogP contribution in [0.2, 0.25) is 0 Å². The van der Waals surface area contributed by atoms with Gasteiger partial charge in [0.15, 0.2) is 0 Å². The van der Waals surface area contributed by atoms with E-state index in [1.165, 1.54) is 6.42 Å². The highest BCUT2D eigenvalue weighted by Gasteiger charge is 2.28. The maximum absolute atomic E-state index is 11.4. The highest BCUT2D eigenvalue weighted by Crippen LogP contribution is 2.20. The zero-order chi connectivity index (χ0) is 35.0. The lowest BCUT2D eigenvalue weighted by molar-refractivity contribution is -0.138. The molecule has 2 aliphatic rings. The summed E-state index contributed by atoms with van der Waals surface area (Å²) in [7, 11) is 0. The van der Waals surface area contributed by atoms with Crippen molar-refractivity contribution in [2.24, 2.45) is 21.7 Å². The Kier molecular flexibility index (Phi) is 22.5. The van der Waals surface area contributed by atoms with Gasteiger partial charge in [0.25, 0.3) is 0 Å². The highest BCUT2D eigenvalue weighted by molar-refractivity contribution is 5.88. The molecular weight excluding hydrogens is 516 g/mol. The molecule has 4 heteroatoms. The van der Waals surface area contributed by atoms with Gasteiger partial charge in [-0.15, -0.1) is 0 Å². The quantitative estimate of drug-likeness (QED) is 0.279. The van der Waals surface area contributed by atoms with Crippen molar-refractivity contribution in [3.8, 4) is 0 Å². The first kappa shape index (κ1) is 47.6. The molecule has 2 amide bonds. The van der Waals surface area contributed by atoms with E-state index in [9.17, 15) is 9.59 Å². The summed E-state index contributed by atoms with van der Waals surface area (Å²) in [5, 5.41) is 0. The van der Waals surface area contributed by atoms with Gasteiger partial charge >= 0.3 is 0 Å². The van der Waals surface area contributed by atoms with Crippen LogP contribution in [-0.4, -0.2) is 45.8 Å². The van der Waals surface area contributed by atoms with Crippen LogP contribution in [0.1, 0.15) is 178 Å². The van der Waals surface area contributed by atoms with Crippen LogP contribution >= 0.6 is 0 Å². The van der Waals surface area contributed by atoms with E-state index in [1.54, 1.807) is 6.08 Å². The molecule has 42 heavy (non-hydrogen) atoms. The third-order valence-electron chi connectivity index (χ3n) is 3.99. The van der Waals surface area contributed by atoms with Gasteiger partial charge < -0.3 is 9.80 Å². The minimum Gasteiger partial charge on any atom is -0.338 e. The van der Waals surface area contributed by atoms with E-state index in [1.807, 2.05) is 15.9 Å². The molecule has 0 aliphatic carbocycles. The molecule has 0 N–H and O–H groups in total. The number of carbonyl (C=O) groups excluding carboxylic acids is 2. The van der Waals surface area contributed by atoms with Crippen molar-refractivity contribution in [3.63, 3.8) is 0 Å². The zero-order valence-corrected chi connectivity index (χ0v) is 33.1. The van der Waals surface area contributed by atoms with E-state index < -0.39 is 0 Å². The Morgan fingerprint density at radius 2 is 0.786 bits per heavy atom. The minimum atomic E-state index is -0.0259. The van der Waals surface area contributed by atoms with E-state index >= 15 is 0 Å². The first-order valence-electron chi connectivity index (χ1n) is 16.3. The lowest BCUT2D eigenvalue weighted by atomic mass is 10.0. The molecule has 1 saturated heterocycles. The highest BCUT2D eigenvalue weighted by atomic mass is 16.2. The van der Waals surface area contributed by atoms with Gasteiger partial charge in [-0.25, -0.2) is 0 Å². The smallest absolute Gasteiger partial charge is 0.246 e. The molecule has 0 saturated carbocycles. The van der Waals surface area contributed by atoms with Gasteiger partial charge in [-0.3, -0.25) is 9.59 Å². The fourth-order valence-electron chi connectivity index (χ4n) is 2.77. The maximum Gasteiger partial charge on any atom is 0.246 e. The molecule has 0 spiro atoms. The number of amides is 2. The fourth-order valence-corrected chi connectivity index (χ4v) is 2.77. The molecule has 0 radical (unpaired) electrons. The molecule has 0 bridgehead atoms. The first-order valence-corrected chi connectivity index (χ1v) is 16.3. The summed E-state index contributed by atoms with van der Waals surface area (Å²) < 4.78 is 0. The summed E-state index contributed by atoms with van der Waals surface area (Å²) in [5.41, 5.74) is 2.00. The fraction of sp³-hybridized carbons (Fsp3) is 0.895. The third-order valence-corrected chi connectivity index (χ3v) is 3.99. The number of likely N-dealkylation sites (tertiary alicyclic amines) is 1. The molecule has 0 aromatic heterocycles. The predicted octanol–water partition coefficient (Wildman–Crippen LogP) is 11.6. The normalized spacial score (nSPS) is 16.1. The molecule has 2 aliphatic heterocycles. The van der Waals surface area contributed by atoms with Crippen LogP contribution in [0.3, 0.4) is 0 Å². The average molecular weight is 597 g/mol. The Labute approximate surface area is 266 Å². The number of hydrogen-bond acceptors (Lipinski definition) is 2. The van der Waals surface area contributed by atoms with Gasteiger partial charge in [0.2, 0.25) is 11.8 Å². The van der Waals surface area contributed by atoms with Crippen LogP contribution in [0.25, 0.3) is 0 Å². The average Bonchev–Trinajstić information content (AvgIpc) is 2.62. The SMILES string of the molecule is CC(C)(C)C.CC(C)(C)C.CC(C)(C)C.CC(C)(C)C.CC(C)(C)N1CCC=CC1=O.CC(C)(C)N1CCCCC1=O. The van der Waals surface area contributed by atoms with Crippen molar-refractivity contribution in [1.29, 1.82) is 0 Å². The van der Waals surface area contributed by atoms with Gasteiger partial charge in [-0.1, -0.05) is 117 Å². The summed E-state index contributed by atoms with van der Waals surface area (Å²) >= 11 is 0. The Bertz CT molecular complexity index is 665. The Morgan fingerprint density at radius 1 is 0.476 bits per heavy atom. The summed E-state index contributed by atoms with van der Waals surface area (Å²) in [6.45, 7) is 49.3. The standard InChI is InChI=1S/C9H17NO.C9H15NO.4C5H12/c2*1-9(2,3)10-7-5-4-6-8(10)11;4*1-5(2,3)4/h4-7H2,1-3H3;4,6H,5,7H2,1-3H3;4*1-4H3. The van der Waals surface area contributed by atoms with Gasteiger partial charge in [-0.05, 0) is 88.5 Å². The second-order valence-corrected chi connectivity index (χ2v) is 20.0. The maximum atomic E-state index is 11.4. The molecule has 0 aromatic carbocycles. The third kappa shape index (κ3) is 51.4. The molecule has 254 valence electrons. The van der Waals surface area contributed by atoms with Gasteiger partial charge in [-0.2, -0.15) is 0 Å². The van der Waals surface area contributed by atoms with Crippen molar-refractivity contribution < 1.29 is 9.59 Å². The summed E-state index contributed by atoms with van der Waals surface area (Å²) in [4.78, 5) is 26.5. The largest absolute Gasteiger partial charge is 0.338 e. The molecule has 4 nitrogen and oxygen atoms in total. The Morgan fingerprint density at radius 3 is 0.976 bits per heavy atom. The minimum absolute atomic E-state index is 0.0253. The molecule has 0 aromatic rings.